The largest absolute Gasteiger partial charge is 0.339 e. The van der Waals surface area contributed by atoms with Crippen LogP contribution >= 0.6 is 27.7 Å². The molecular formula is C10H18BrNOS. The number of nitrogens with zero attached hydrogens (tertiary/aromatic N) is 1. The highest BCUT2D eigenvalue weighted by atomic mass is 79.9. The number of halogens is 1. The molecule has 0 aromatic carbocycles. The second kappa shape index (κ2) is 6.72. The molecule has 0 heterocycles. The molecule has 4 heteroatoms. The molecule has 0 atom stereocenters. The molecule has 1 aliphatic carbocycles. The zero-order valence-electron chi connectivity index (χ0n) is 8.67. The number of amides is 1. The first-order chi connectivity index (χ1) is 6.79. The van der Waals surface area contributed by atoms with Crippen molar-refractivity contribution in [2.45, 2.75) is 31.7 Å². The van der Waals surface area contributed by atoms with Crippen LogP contribution in [-0.2, 0) is 4.79 Å². The number of carbonyl (C=O) groups excluding carboxylic acids is 1. The van der Waals surface area contributed by atoms with Crippen LogP contribution in [0.25, 0.3) is 0 Å². The van der Waals surface area contributed by atoms with Crippen molar-refractivity contribution >= 4 is 33.6 Å². The summed E-state index contributed by atoms with van der Waals surface area (Å²) in [5.74, 6) is 1.29. The van der Waals surface area contributed by atoms with Gasteiger partial charge in [-0.05, 0) is 25.5 Å². The zero-order chi connectivity index (χ0) is 10.4. The van der Waals surface area contributed by atoms with Gasteiger partial charge in [-0.25, -0.2) is 0 Å². The molecule has 0 aliphatic heterocycles. The summed E-state index contributed by atoms with van der Waals surface area (Å²) in [6.45, 7) is 0.873. The summed E-state index contributed by atoms with van der Waals surface area (Å²) in [7, 11) is 0. The third kappa shape index (κ3) is 3.46. The van der Waals surface area contributed by atoms with Crippen LogP contribution in [0.4, 0.5) is 0 Å². The highest BCUT2D eigenvalue weighted by Crippen LogP contribution is 2.25. The number of carbonyl (C=O) groups is 1. The maximum Gasteiger partial charge on any atom is 0.223 e. The zero-order valence-corrected chi connectivity index (χ0v) is 11.1. The summed E-state index contributed by atoms with van der Waals surface area (Å²) < 4.78 is 0. The van der Waals surface area contributed by atoms with Gasteiger partial charge in [-0.1, -0.05) is 15.9 Å². The molecule has 1 fully saturated rings. The number of hydrogen-bond donors (Lipinski definition) is 0. The lowest BCUT2D eigenvalue weighted by atomic mass is 9.91. The normalized spacial score (nSPS) is 16.4. The minimum absolute atomic E-state index is 0.337. The fourth-order valence-electron chi connectivity index (χ4n) is 1.63. The molecule has 0 aromatic heterocycles. The molecule has 1 amide bonds. The Morgan fingerprint density at radius 2 is 2.29 bits per heavy atom. The quantitative estimate of drug-likeness (QED) is 0.697. The van der Waals surface area contributed by atoms with Crippen molar-refractivity contribution in [1.82, 2.24) is 4.90 Å². The minimum atomic E-state index is 0.337. The van der Waals surface area contributed by atoms with E-state index in [1.165, 1.54) is 19.3 Å². The van der Waals surface area contributed by atoms with E-state index in [4.69, 9.17) is 0 Å². The molecule has 0 aromatic rings. The second-order valence-corrected chi connectivity index (χ2v) is 5.38. The van der Waals surface area contributed by atoms with E-state index in [2.05, 4.69) is 20.8 Å². The smallest absolute Gasteiger partial charge is 0.223 e. The molecule has 0 N–H and O–H groups in total. The molecule has 1 aliphatic rings. The Morgan fingerprint density at radius 1 is 1.57 bits per heavy atom. The van der Waals surface area contributed by atoms with Gasteiger partial charge < -0.3 is 4.90 Å². The Hall–Kier alpha value is 0.300. The van der Waals surface area contributed by atoms with Crippen LogP contribution in [0.3, 0.4) is 0 Å². The van der Waals surface area contributed by atoms with Crippen molar-refractivity contribution in [3.05, 3.63) is 0 Å². The molecule has 0 unspecified atom stereocenters. The van der Waals surface area contributed by atoms with Crippen LogP contribution in [0.15, 0.2) is 0 Å². The summed E-state index contributed by atoms with van der Waals surface area (Å²) in [6, 6.07) is 0.543. The van der Waals surface area contributed by atoms with Gasteiger partial charge in [-0.3, -0.25) is 4.79 Å². The van der Waals surface area contributed by atoms with E-state index in [0.717, 1.165) is 17.6 Å². The topological polar surface area (TPSA) is 20.3 Å². The molecule has 0 saturated heterocycles. The summed E-state index contributed by atoms with van der Waals surface area (Å²) in [5, 5.41) is 0.897. The standard InChI is InChI=1S/C10H18BrNOS/c1-14-8-5-10(13)12(7-6-11)9-3-2-4-9/h9H,2-8H2,1H3. The Balaban J connectivity index is 2.35. The van der Waals surface area contributed by atoms with Gasteiger partial charge in [0.05, 0.1) is 0 Å². The maximum absolute atomic E-state index is 11.8. The van der Waals surface area contributed by atoms with Gasteiger partial charge in [0.1, 0.15) is 0 Å². The lowest BCUT2D eigenvalue weighted by Crippen LogP contribution is -2.45. The van der Waals surface area contributed by atoms with Crippen LogP contribution in [0.1, 0.15) is 25.7 Å². The van der Waals surface area contributed by atoms with Crippen LogP contribution in [0, 0.1) is 0 Å². The summed E-state index contributed by atoms with van der Waals surface area (Å²) in [6.07, 6.45) is 6.45. The van der Waals surface area contributed by atoms with Crippen molar-refractivity contribution in [2.75, 3.05) is 23.9 Å². The van der Waals surface area contributed by atoms with Crippen LogP contribution in [0.5, 0.6) is 0 Å². The summed E-state index contributed by atoms with van der Waals surface area (Å²) in [5.41, 5.74) is 0. The van der Waals surface area contributed by atoms with Gasteiger partial charge in [0.2, 0.25) is 5.91 Å². The molecule has 1 rings (SSSR count). The fourth-order valence-corrected chi connectivity index (χ4v) is 2.39. The van der Waals surface area contributed by atoms with E-state index in [-0.39, 0.29) is 0 Å². The van der Waals surface area contributed by atoms with E-state index in [9.17, 15) is 4.79 Å². The molecule has 0 spiro atoms. The number of hydrogen-bond acceptors (Lipinski definition) is 2. The van der Waals surface area contributed by atoms with E-state index in [0.29, 0.717) is 18.4 Å². The molecule has 14 heavy (non-hydrogen) atoms. The van der Waals surface area contributed by atoms with Crippen molar-refractivity contribution in [1.29, 1.82) is 0 Å². The van der Waals surface area contributed by atoms with E-state index in [1.54, 1.807) is 11.8 Å². The van der Waals surface area contributed by atoms with Gasteiger partial charge in [0.25, 0.3) is 0 Å². The molecule has 0 bridgehead atoms. The van der Waals surface area contributed by atoms with Gasteiger partial charge in [0.15, 0.2) is 0 Å². The highest BCUT2D eigenvalue weighted by molar-refractivity contribution is 9.09. The molecular weight excluding hydrogens is 262 g/mol. The van der Waals surface area contributed by atoms with E-state index >= 15 is 0 Å². The van der Waals surface area contributed by atoms with Crippen LogP contribution in [0.2, 0.25) is 0 Å². The van der Waals surface area contributed by atoms with Crippen LogP contribution in [-0.4, -0.2) is 40.7 Å². The Bertz CT molecular complexity index is 185. The second-order valence-electron chi connectivity index (χ2n) is 3.60. The number of thioether (sulfide) groups is 1. The molecule has 2 nitrogen and oxygen atoms in total. The van der Waals surface area contributed by atoms with E-state index in [1.807, 2.05) is 6.26 Å². The lowest BCUT2D eigenvalue weighted by molar-refractivity contribution is -0.134. The first kappa shape index (κ1) is 12.4. The first-order valence-electron chi connectivity index (χ1n) is 5.14. The van der Waals surface area contributed by atoms with Crippen LogP contribution < -0.4 is 0 Å². The van der Waals surface area contributed by atoms with Crippen molar-refractivity contribution in [2.24, 2.45) is 0 Å². The predicted octanol–water partition coefficient (Wildman–Crippen LogP) is 2.52. The Morgan fingerprint density at radius 3 is 2.71 bits per heavy atom. The third-order valence-corrected chi connectivity index (χ3v) is 3.65. The monoisotopic (exact) mass is 279 g/mol. The van der Waals surface area contributed by atoms with Gasteiger partial charge in [-0.2, -0.15) is 11.8 Å². The molecule has 82 valence electrons. The number of alkyl halides is 1. The van der Waals surface area contributed by atoms with Gasteiger partial charge in [-0.15, -0.1) is 0 Å². The number of rotatable bonds is 6. The highest BCUT2D eigenvalue weighted by Gasteiger charge is 2.27. The van der Waals surface area contributed by atoms with Crippen molar-refractivity contribution in [3.8, 4) is 0 Å². The predicted molar refractivity (Wildman–Crippen MR) is 66.1 cm³/mol. The molecule has 0 radical (unpaired) electrons. The maximum atomic E-state index is 11.8. The summed E-state index contributed by atoms with van der Waals surface area (Å²) >= 11 is 5.15. The minimum Gasteiger partial charge on any atom is -0.339 e. The first-order valence-corrected chi connectivity index (χ1v) is 7.65. The third-order valence-electron chi connectivity index (χ3n) is 2.68. The fraction of sp³-hybridized carbons (Fsp3) is 0.900. The summed E-state index contributed by atoms with van der Waals surface area (Å²) in [4.78, 5) is 13.9. The van der Waals surface area contributed by atoms with Crippen molar-refractivity contribution < 1.29 is 4.79 Å². The average molecular weight is 280 g/mol. The SMILES string of the molecule is CSCCC(=O)N(CCBr)C1CCC1. The van der Waals surface area contributed by atoms with E-state index < -0.39 is 0 Å². The lowest BCUT2D eigenvalue weighted by Gasteiger charge is -2.37. The Labute approximate surface area is 98.9 Å². The molecule has 1 saturated carbocycles. The van der Waals surface area contributed by atoms with Gasteiger partial charge >= 0.3 is 0 Å². The van der Waals surface area contributed by atoms with Gasteiger partial charge in [0, 0.05) is 30.1 Å². The van der Waals surface area contributed by atoms with Crippen molar-refractivity contribution in [3.63, 3.8) is 0 Å². The Kier molecular flexibility index (Phi) is 5.94. The average Bonchev–Trinajstić information content (AvgIpc) is 2.10.